The number of furan rings is 1. The first-order valence-corrected chi connectivity index (χ1v) is 8.27. The van der Waals surface area contributed by atoms with Crippen LogP contribution < -0.4 is 19.5 Å². The van der Waals surface area contributed by atoms with Crippen LogP contribution in [-0.4, -0.2) is 24.9 Å². The van der Waals surface area contributed by atoms with E-state index in [0.717, 1.165) is 5.56 Å². The minimum atomic E-state index is -0.306. The molecular formula is C20H17NO6. The van der Waals surface area contributed by atoms with Crippen molar-refractivity contribution in [1.29, 1.82) is 0 Å². The van der Waals surface area contributed by atoms with Gasteiger partial charge in [-0.15, -0.1) is 0 Å². The Balaban J connectivity index is 1.62. The molecule has 2 heterocycles. The van der Waals surface area contributed by atoms with Crippen molar-refractivity contribution in [2.75, 3.05) is 19.2 Å². The number of fused-ring (bicyclic) bond motifs is 1. The van der Waals surface area contributed by atoms with E-state index < -0.39 is 0 Å². The zero-order valence-electron chi connectivity index (χ0n) is 14.5. The van der Waals surface area contributed by atoms with Crippen molar-refractivity contribution in [3.8, 4) is 28.6 Å². The third-order valence-corrected chi connectivity index (χ3v) is 4.18. The number of hydrogen-bond donors (Lipinski definition) is 2. The number of benzene rings is 2. The van der Waals surface area contributed by atoms with E-state index in [2.05, 4.69) is 5.32 Å². The Bertz CT molecular complexity index is 994. The number of anilines is 1. The van der Waals surface area contributed by atoms with Crippen molar-refractivity contribution in [1.82, 2.24) is 0 Å². The van der Waals surface area contributed by atoms with Crippen LogP contribution in [0.2, 0.25) is 0 Å². The topological polar surface area (TPSA) is 90.2 Å². The number of carbonyl (C=O) groups excluding carboxylic acids is 1. The molecule has 7 heteroatoms. The van der Waals surface area contributed by atoms with Crippen LogP contribution in [0.15, 0.2) is 52.9 Å². The minimum absolute atomic E-state index is 0.148. The number of aliphatic hydroxyl groups excluding tert-OH is 1. The molecule has 1 aromatic heterocycles. The van der Waals surface area contributed by atoms with E-state index in [1.807, 2.05) is 6.07 Å². The monoisotopic (exact) mass is 367 g/mol. The van der Waals surface area contributed by atoms with Crippen LogP contribution in [0.5, 0.6) is 17.2 Å². The first-order valence-electron chi connectivity index (χ1n) is 8.27. The average Bonchev–Trinajstić information content (AvgIpc) is 3.36. The van der Waals surface area contributed by atoms with Crippen molar-refractivity contribution in [2.45, 2.75) is 6.61 Å². The molecule has 0 aliphatic carbocycles. The molecule has 0 fully saturated rings. The molecular weight excluding hydrogens is 350 g/mol. The standard InChI is InChI=1S/C20H17NO6/c1-24-17-5-2-12(16-7-4-14(10-22)27-16)8-15(17)21-20(23)13-3-6-18-19(9-13)26-11-25-18/h2-9,22H,10-11H2,1H3,(H,21,23). The number of nitrogens with one attached hydrogen (secondary N) is 1. The average molecular weight is 367 g/mol. The fourth-order valence-electron chi connectivity index (χ4n) is 2.81. The highest BCUT2D eigenvalue weighted by Gasteiger charge is 2.18. The molecule has 3 aromatic rings. The molecule has 4 rings (SSSR count). The maximum Gasteiger partial charge on any atom is 0.255 e. The molecule has 0 unspecified atom stereocenters. The normalized spacial score (nSPS) is 12.1. The molecule has 0 bridgehead atoms. The number of ether oxygens (including phenoxy) is 3. The second-order valence-corrected chi connectivity index (χ2v) is 5.86. The predicted molar refractivity (Wildman–Crippen MR) is 97.1 cm³/mol. The highest BCUT2D eigenvalue weighted by Crippen LogP contribution is 2.34. The van der Waals surface area contributed by atoms with Gasteiger partial charge in [0.1, 0.15) is 23.9 Å². The largest absolute Gasteiger partial charge is 0.495 e. The Morgan fingerprint density at radius 1 is 1.11 bits per heavy atom. The van der Waals surface area contributed by atoms with E-state index in [4.69, 9.17) is 23.7 Å². The Hall–Kier alpha value is -3.45. The van der Waals surface area contributed by atoms with E-state index >= 15 is 0 Å². The van der Waals surface area contributed by atoms with Crippen LogP contribution in [0.4, 0.5) is 5.69 Å². The second-order valence-electron chi connectivity index (χ2n) is 5.86. The number of aliphatic hydroxyl groups is 1. The molecule has 7 nitrogen and oxygen atoms in total. The van der Waals surface area contributed by atoms with Gasteiger partial charge >= 0.3 is 0 Å². The molecule has 27 heavy (non-hydrogen) atoms. The van der Waals surface area contributed by atoms with Gasteiger partial charge in [0, 0.05) is 11.1 Å². The summed E-state index contributed by atoms with van der Waals surface area (Å²) in [5, 5.41) is 12.0. The van der Waals surface area contributed by atoms with Gasteiger partial charge in [0.2, 0.25) is 6.79 Å². The summed E-state index contributed by atoms with van der Waals surface area (Å²) in [6, 6.07) is 13.8. The van der Waals surface area contributed by atoms with E-state index in [-0.39, 0.29) is 19.3 Å². The van der Waals surface area contributed by atoms with Gasteiger partial charge in [-0.05, 0) is 48.5 Å². The highest BCUT2D eigenvalue weighted by molar-refractivity contribution is 6.05. The summed E-state index contributed by atoms with van der Waals surface area (Å²) in [6.45, 7) is -0.0287. The van der Waals surface area contributed by atoms with E-state index in [0.29, 0.717) is 40.0 Å². The fraction of sp³-hybridized carbons (Fsp3) is 0.150. The van der Waals surface area contributed by atoms with Crippen LogP contribution in [0.3, 0.4) is 0 Å². The number of carbonyl (C=O) groups is 1. The van der Waals surface area contributed by atoms with Gasteiger partial charge in [0.25, 0.3) is 5.91 Å². The SMILES string of the molecule is COc1ccc(-c2ccc(CO)o2)cc1NC(=O)c1ccc2c(c1)OCO2. The molecule has 1 aliphatic heterocycles. The van der Waals surface area contributed by atoms with Crippen LogP contribution in [0, 0.1) is 0 Å². The van der Waals surface area contributed by atoms with Gasteiger partial charge in [0.05, 0.1) is 12.8 Å². The first-order chi connectivity index (χ1) is 13.2. The summed E-state index contributed by atoms with van der Waals surface area (Å²) in [5.41, 5.74) is 1.68. The molecule has 0 spiro atoms. The molecule has 2 N–H and O–H groups in total. The molecule has 0 radical (unpaired) electrons. The highest BCUT2D eigenvalue weighted by atomic mass is 16.7. The number of amides is 1. The van der Waals surface area contributed by atoms with Crippen LogP contribution in [0.25, 0.3) is 11.3 Å². The summed E-state index contributed by atoms with van der Waals surface area (Å²) in [7, 11) is 1.53. The zero-order valence-corrected chi connectivity index (χ0v) is 14.5. The molecule has 0 saturated heterocycles. The minimum Gasteiger partial charge on any atom is -0.495 e. The summed E-state index contributed by atoms with van der Waals surface area (Å²) >= 11 is 0. The second kappa shape index (κ2) is 7.05. The Labute approximate surface area is 155 Å². The summed E-state index contributed by atoms with van der Waals surface area (Å²) in [4.78, 5) is 12.7. The Kier molecular flexibility index (Phi) is 4.43. The molecule has 2 aromatic carbocycles. The third kappa shape index (κ3) is 3.32. The van der Waals surface area contributed by atoms with Gasteiger partial charge in [-0.2, -0.15) is 0 Å². The number of methoxy groups -OCH3 is 1. The maximum absolute atomic E-state index is 12.7. The van der Waals surface area contributed by atoms with Crippen LogP contribution in [0.1, 0.15) is 16.1 Å². The lowest BCUT2D eigenvalue weighted by molar-refractivity contribution is 0.102. The zero-order chi connectivity index (χ0) is 18.8. The molecule has 0 atom stereocenters. The molecule has 138 valence electrons. The smallest absolute Gasteiger partial charge is 0.255 e. The van der Waals surface area contributed by atoms with Gasteiger partial charge in [0.15, 0.2) is 11.5 Å². The van der Waals surface area contributed by atoms with Crippen molar-refractivity contribution in [3.05, 3.63) is 59.9 Å². The molecule has 0 saturated carbocycles. The molecule has 1 amide bonds. The third-order valence-electron chi connectivity index (χ3n) is 4.18. The van der Waals surface area contributed by atoms with Crippen molar-refractivity contribution in [2.24, 2.45) is 0 Å². The van der Waals surface area contributed by atoms with Crippen LogP contribution >= 0.6 is 0 Å². The predicted octanol–water partition coefficient (Wildman–Crippen LogP) is 3.43. The quantitative estimate of drug-likeness (QED) is 0.718. The maximum atomic E-state index is 12.7. The summed E-state index contributed by atoms with van der Waals surface area (Å²) < 4.78 is 21.5. The Morgan fingerprint density at radius 3 is 2.74 bits per heavy atom. The van der Waals surface area contributed by atoms with E-state index in [1.165, 1.54) is 7.11 Å². The Morgan fingerprint density at radius 2 is 1.96 bits per heavy atom. The lowest BCUT2D eigenvalue weighted by Crippen LogP contribution is -2.12. The van der Waals surface area contributed by atoms with Crippen molar-refractivity contribution in [3.63, 3.8) is 0 Å². The number of rotatable bonds is 5. The van der Waals surface area contributed by atoms with Gasteiger partial charge < -0.3 is 29.1 Å². The molecule has 1 aliphatic rings. The fourth-order valence-corrected chi connectivity index (χ4v) is 2.81. The van der Waals surface area contributed by atoms with Gasteiger partial charge in [-0.25, -0.2) is 0 Å². The van der Waals surface area contributed by atoms with E-state index in [1.54, 1.807) is 42.5 Å². The lowest BCUT2D eigenvalue weighted by atomic mass is 10.1. The summed E-state index contributed by atoms with van der Waals surface area (Å²) in [6.07, 6.45) is 0. The lowest BCUT2D eigenvalue weighted by Gasteiger charge is -2.12. The first kappa shape index (κ1) is 17.0. The summed E-state index contributed by atoms with van der Waals surface area (Å²) in [5.74, 6) is 2.41. The van der Waals surface area contributed by atoms with E-state index in [9.17, 15) is 4.79 Å². The van der Waals surface area contributed by atoms with Gasteiger partial charge in [-0.1, -0.05) is 0 Å². The van der Waals surface area contributed by atoms with Crippen LogP contribution in [-0.2, 0) is 6.61 Å². The van der Waals surface area contributed by atoms with Crippen molar-refractivity contribution >= 4 is 11.6 Å². The number of hydrogen-bond acceptors (Lipinski definition) is 6. The van der Waals surface area contributed by atoms with Gasteiger partial charge in [-0.3, -0.25) is 4.79 Å². The van der Waals surface area contributed by atoms with Crippen molar-refractivity contribution < 1.29 is 28.5 Å².